The molecule has 0 aliphatic rings. The van der Waals surface area contributed by atoms with Gasteiger partial charge < -0.3 is 10.6 Å². The largest absolute Gasteiger partial charge is 0.347 e. The van der Waals surface area contributed by atoms with Gasteiger partial charge in [0.05, 0.1) is 5.52 Å². The molecular formula is C22H18N4O2. The van der Waals surface area contributed by atoms with Crippen LogP contribution in [0, 0.1) is 0 Å². The van der Waals surface area contributed by atoms with Gasteiger partial charge in [-0.15, -0.1) is 0 Å². The lowest BCUT2D eigenvalue weighted by atomic mass is 10.2. The maximum absolute atomic E-state index is 12.7. The lowest BCUT2D eigenvalue weighted by Crippen LogP contribution is -2.23. The predicted octanol–water partition coefficient (Wildman–Crippen LogP) is 3.52. The number of para-hydroxylation sites is 1. The molecule has 2 N–H and O–H groups in total. The Hall–Kier alpha value is -3.93. The number of nitrogens with zero attached hydrogens (tertiary/aromatic N) is 2. The van der Waals surface area contributed by atoms with Crippen LogP contribution < -0.4 is 10.6 Å². The summed E-state index contributed by atoms with van der Waals surface area (Å²) in [4.78, 5) is 29.8. The standard InChI is InChI=1S/C22H18N4O2/c27-21(23-15-16-9-3-1-4-10-16)19-18-13-7-8-14-26(18)20(25-19)22(28)24-17-11-5-2-6-12-17/h1-14H,15H2,(H,23,27)(H,24,28). The Morgan fingerprint density at radius 3 is 2.25 bits per heavy atom. The Morgan fingerprint density at radius 2 is 1.50 bits per heavy atom. The van der Waals surface area contributed by atoms with Crippen molar-refractivity contribution in [2.45, 2.75) is 6.54 Å². The summed E-state index contributed by atoms with van der Waals surface area (Å²) >= 11 is 0. The van der Waals surface area contributed by atoms with Crippen molar-refractivity contribution in [3.8, 4) is 0 Å². The van der Waals surface area contributed by atoms with Crippen molar-refractivity contribution in [2.24, 2.45) is 0 Å². The van der Waals surface area contributed by atoms with E-state index >= 15 is 0 Å². The molecule has 0 unspecified atom stereocenters. The van der Waals surface area contributed by atoms with E-state index in [1.54, 1.807) is 34.9 Å². The van der Waals surface area contributed by atoms with Crippen LogP contribution in [0.4, 0.5) is 5.69 Å². The van der Waals surface area contributed by atoms with E-state index in [9.17, 15) is 9.59 Å². The van der Waals surface area contributed by atoms with Crippen molar-refractivity contribution in [2.75, 3.05) is 5.32 Å². The van der Waals surface area contributed by atoms with Crippen LogP contribution >= 0.6 is 0 Å². The molecule has 0 aliphatic heterocycles. The number of aromatic nitrogens is 2. The van der Waals surface area contributed by atoms with Gasteiger partial charge in [-0.3, -0.25) is 14.0 Å². The highest BCUT2D eigenvalue weighted by Gasteiger charge is 2.21. The number of rotatable bonds is 5. The number of fused-ring (bicyclic) bond motifs is 1. The summed E-state index contributed by atoms with van der Waals surface area (Å²) in [6.45, 7) is 0.386. The molecule has 2 amide bonds. The number of hydrogen-bond donors (Lipinski definition) is 2. The molecule has 0 fully saturated rings. The number of nitrogens with one attached hydrogen (secondary N) is 2. The molecule has 2 heterocycles. The van der Waals surface area contributed by atoms with Crippen molar-refractivity contribution in [1.82, 2.24) is 14.7 Å². The van der Waals surface area contributed by atoms with Gasteiger partial charge in [-0.2, -0.15) is 0 Å². The molecule has 138 valence electrons. The van der Waals surface area contributed by atoms with Crippen LogP contribution in [0.5, 0.6) is 0 Å². The van der Waals surface area contributed by atoms with Gasteiger partial charge in [0.2, 0.25) is 5.82 Å². The lowest BCUT2D eigenvalue weighted by Gasteiger charge is -2.03. The minimum absolute atomic E-state index is 0.157. The molecule has 2 aromatic carbocycles. The van der Waals surface area contributed by atoms with E-state index in [4.69, 9.17) is 0 Å². The highest BCUT2D eigenvalue weighted by Crippen LogP contribution is 2.15. The molecule has 6 heteroatoms. The SMILES string of the molecule is O=C(NCc1ccccc1)c1nc(C(=O)Nc2ccccc2)n2ccccc12. The number of anilines is 1. The first-order chi connectivity index (χ1) is 13.7. The molecule has 0 bridgehead atoms. The predicted molar refractivity (Wildman–Crippen MR) is 107 cm³/mol. The number of imidazole rings is 1. The molecule has 4 rings (SSSR count). The van der Waals surface area contributed by atoms with Crippen molar-refractivity contribution in [3.05, 3.63) is 102 Å². The number of hydrogen-bond acceptors (Lipinski definition) is 3. The van der Waals surface area contributed by atoms with Gasteiger partial charge in [-0.1, -0.05) is 54.6 Å². The van der Waals surface area contributed by atoms with Crippen molar-refractivity contribution < 1.29 is 9.59 Å². The Balaban J connectivity index is 1.61. The van der Waals surface area contributed by atoms with Crippen molar-refractivity contribution >= 4 is 23.0 Å². The summed E-state index contributed by atoms with van der Waals surface area (Å²) < 4.78 is 1.62. The smallest absolute Gasteiger partial charge is 0.292 e. The summed E-state index contributed by atoms with van der Waals surface area (Å²) in [6.07, 6.45) is 1.72. The van der Waals surface area contributed by atoms with E-state index in [0.717, 1.165) is 5.56 Å². The number of benzene rings is 2. The monoisotopic (exact) mass is 370 g/mol. The second kappa shape index (κ2) is 7.75. The Bertz CT molecular complexity index is 1120. The zero-order valence-corrected chi connectivity index (χ0v) is 15.0. The van der Waals surface area contributed by atoms with Crippen LogP contribution in [0.3, 0.4) is 0 Å². The van der Waals surface area contributed by atoms with Crippen molar-refractivity contribution in [1.29, 1.82) is 0 Å². The molecule has 0 radical (unpaired) electrons. The van der Waals surface area contributed by atoms with Crippen LogP contribution in [0.2, 0.25) is 0 Å². The van der Waals surface area contributed by atoms with Gasteiger partial charge >= 0.3 is 0 Å². The number of amides is 2. The van der Waals surface area contributed by atoms with Gasteiger partial charge in [0.25, 0.3) is 11.8 Å². The molecule has 0 atom stereocenters. The van der Waals surface area contributed by atoms with E-state index in [1.807, 2.05) is 54.6 Å². The first-order valence-corrected chi connectivity index (χ1v) is 8.88. The molecule has 28 heavy (non-hydrogen) atoms. The summed E-state index contributed by atoms with van der Waals surface area (Å²) in [5.74, 6) is -0.551. The third-order valence-corrected chi connectivity index (χ3v) is 4.29. The first-order valence-electron chi connectivity index (χ1n) is 8.88. The van der Waals surface area contributed by atoms with Crippen LogP contribution in [-0.2, 0) is 6.54 Å². The Kier molecular flexibility index (Phi) is 4.84. The average Bonchev–Trinajstić information content (AvgIpc) is 3.13. The average molecular weight is 370 g/mol. The van der Waals surface area contributed by atoms with Gasteiger partial charge in [0.1, 0.15) is 0 Å². The number of carbonyl (C=O) groups is 2. The van der Waals surface area contributed by atoms with Crippen LogP contribution in [0.1, 0.15) is 26.7 Å². The summed E-state index contributed by atoms with van der Waals surface area (Å²) in [7, 11) is 0. The van der Waals surface area contributed by atoms with Crippen LogP contribution in [0.15, 0.2) is 85.1 Å². The molecule has 2 aromatic heterocycles. The van der Waals surface area contributed by atoms with E-state index in [0.29, 0.717) is 17.7 Å². The third kappa shape index (κ3) is 3.61. The molecule has 0 saturated heterocycles. The Labute approximate surface area is 161 Å². The third-order valence-electron chi connectivity index (χ3n) is 4.29. The normalized spacial score (nSPS) is 10.6. The minimum Gasteiger partial charge on any atom is -0.347 e. The molecule has 0 aliphatic carbocycles. The van der Waals surface area contributed by atoms with Gasteiger partial charge in [0, 0.05) is 18.4 Å². The zero-order valence-electron chi connectivity index (χ0n) is 15.0. The lowest BCUT2D eigenvalue weighted by molar-refractivity contribution is 0.0948. The second-order valence-electron chi connectivity index (χ2n) is 6.23. The molecule has 4 aromatic rings. The fraction of sp³-hybridized carbons (Fsp3) is 0.0455. The van der Waals surface area contributed by atoms with Gasteiger partial charge in [-0.25, -0.2) is 4.98 Å². The Morgan fingerprint density at radius 1 is 0.821 bits per heavy atom. The molecule has 6 nitrogen and oxygen atoms in total. The number of pyridine rings is 1. The zero-order chi connectivity index (χ0) is 19.3. The summed E-state index contributed by atoms with van der Waals surface area (Å²) in [6, 6.07) is 24.1. The van der Waals surface area contributed by atoms with E-state index < -0.39 is 0 Å². The first kappa shape index (κ1) is 17.5. The second-order valence-corrected chi connectivity index (χ2v) is 6.23. The number of carbonyl (C=O) groups excluding carboxylic acids is 2. The quantitative estimate of drug-likeness (QED) is 0.564. The summed E-state index contributed by atoms with van der Waals surface area (Å²) in [5, 5.41) is 5.67. The maximum Gasteiger partial charge on any atom is 0.292 e. The fourth-order valence-corrected chi connectivity index (χ4v) is 2.94. The highest BCUT2D eigenvalue weighted by atomic mass is 16.2. The van der Waals surface area contributed by atoms with Crippen LogP contribution in [0.25, 0.3) is 5.52 Å². The van der Waals surface area contributed by atoms with Crippen LogP contribution in [-0.4, -0.2) is 21.2 Å². The minimum atomic E-state index is -0.380. The van der Waals surface area contributed by atoms with Gasteiger partial charge in [0.15, 0.2) is 5.69 Å². The summed E-state index contributed by atoms with van der Waals surface area (Å²) in [5.41, 5.74) is 2.44. The van der Waals surface area contributed by atoms with E-state index in [2.05, 4.69) is 15.6 Å². The van der Waals surface area contributed by atoms with E-state index in [-0.39, 0.29) is 23.3 Å². The van der Waals surface area contributed by atoms with Gasteiger partial charge in [-0.05, 0) is 29.8 Å². The van der Waals surface area contributed by atoms with E-state index in [1.165, 1.54) is 0 Å². The molecule has 0 spiro atoms. The molecule has 0 saturated carbocycles. The highest BCUT2D eigenvalue weighted by molar-refractivity contribution is 6.06. The maximum atomic E-state index is 12.7. The fourth-order valence-electron chi connectivity index (χ4n) is 2.94. The topological polar surface area (TPSA) is 75.5 Å². The van der Waals surface area contributed by atoms with Crippen molar-refractivity contribution in [3.63, 3.8) is 0 Å². The molecular weight excluding hydrogens is 352 g/mol.